The number of nitrogens with one attached hydrogen (secondary N) is 2. The van der Waals surface area contributed by atoms with E-state index in [0.717, 1.165) is 44.3 Å². The zero-order valence-corrected chi connectivity index (χ0v) is 29.5. The average Bonchev–Trinajstić information content (AvgIpc) is 3.75. The number of aliphatic carboxylic acids is 3. The molecule has 272 valence electrons. The van der Waals surface area contributed by atoms with Gasteiger partial charge in [0.1, 0.15) is 6.04 Å². The summed E-state index contributed by atoms with van der Waals surface area (Å²) < 4.78 is 4.84. The SMILES string of the molecule is C=Cc1c(C)c2cc3nc(c(CC(=O)O)c4nc(cc5[nH]c(cc1[nH]2)c(C)c5CC)C(C)=C4C(=O)O)[C@@H](CCC(=O)OC(=O)[C@@H](N)CC(=O)O)[C@@H]3C. The molecule has 0 radical (unpaired) electrons. The number of aromatic amines is 2. The van der Waals surface area contributed by atoms with Crippen LogP contribution in [0.5, 0.6) is 0 Å². The molecule has 14 heteroatoms. The first kappa shape index (κ1) is 37.4. The topological polar surface area (TPSA) is 239 Å². The minimum absolute atomic E-state index is 0.0204. The lowest BCUT2D eigenvalue weighted by Crippen LogP contribution is -2.35. The fourth-order valence-electron chi connectivity index (χ4n) is 7.03. The van der Waals surface area contributed by atoms with Crippen molar-refractivity contribution in [3.8, 4) is 0 Å². The molecule has 8 bridgehead atoms. The first-order valence-electron chi connectivity index (χ1n) is 16.8. The summed E-state index contributed by atoms with van der Waals surface area (Å²) in [5.41, 5.74) is 13.7. The zero-order valence-electron chi connectivity index (χ0n) is 29.5. The molecular formula is C38H41N5O9. The number of aromatic nitrogens is 4. The highest BCUT2D eigenvalue weighted by Crippen LogP contribution is 2.44. The Balaban J connectivity index is 1.82. The summed E-state index contributed by atoms with van der Waals surface area (Å²) in [5.74, 6) is -7.09. The van der Waals surface area contributed by atoms with Crippen LogP contribution in [0.1, 0.15) is 102 Å². The molecule has 52 heavy (non-hydrogen) atoms. The van der Waals surface area contributed by atoms with Crippen LogP contribution in [0.2, 0.25) is 0 Å². The Labute approximate surface area is 298 Å². The van der Waals surface area contributed by atoms with Gasteiger partial charge < -0.3 is 35.8 Å². The number of carbonyl (C=O) groups excluding carboxylic acids is 2. The van der Waals surface area contributed by atoms with Gasteiger partial charge in [-0.3, -0.25) is 19.4 Å². The van der Waals surface area contributed by atoms with Crippen LogP contribution in [0, 0.1) is 13.8 Å². The summed E-state index contributed by atoms with van der Waals surface area (Å²) in [6.45, 7) is 13.5. The second kappa shape index (κ2) is 14.8. The average molecular weight is 712 g/mol. The van der Waals surface area contributed by atoms with Gasteiger partial charge in [0.15, 0.2) is 0 Å². The number of carbonyl (C=O) groups is 5. The molecule has 0 saturated heterocycles. The van der Waals surface area contributed by atoms with Crippen molar-refractivity contribution in [3.63, 3.8) is 0 Å². The van der Waals surface area contributed by atoms with Crippen LogP contribution in [0.3, 0.4) is 0 Å². The van der Waals surface area contributed by atoms with Crippen molar-refractivity contribution in [1.82, 2.24) is 19.9 Å². The van der Waals surface area contributed by atoms with Gasteiger partial charge in [0.2, 0.25) is 0 Å². The van der Waals surface area contributed by atoms with Crippen LogP contribution in [0.4, 0.5) is 0 Å². The molecule has 14 nitrogen and oxygen atoms in total. The smallest absolute Gasteiger partial charge is 0.338 e. The fourth-order valence-corrected chi connectivity index (χ4v) is 7.03. The monoisotopic (exact) mass is 711 g/mol. The lowest BCUT2D eigenvalue weighted by molar-refractivity contribution is -0.162. The van der Waals surface area contributed by atoms with Crippen molar-refractivity contribution in [2.45, 2.75) is 84.6 Å². The molecule has 0 aromatic carbocycles. The van der Waals surface area contributed by atoms with Crippen LogP contribution in [0.15, 0.2) is 24.8 Å². The third-order valence-electron chi connectivity index (χ3n) is 9.85. The van der Waals surface area contributed by atoms with E-state index >= 15 is 0 Å². The lowest BCUT2D eigenvalue weighted by atomic mass is 9.84. The Hall–Kier alpha value is -5.89. The number of carboxylic acid groups (broad SMARTS) is 3. The molecule has 7 N–H and O–H groups in total. The van der Waals surface area contributed by atoms with Gasteiger partial charge in [-0.05, 0) is 74.1 Å². The van der Waals surface area contributed by atoms with E-state index in [4.69, 9.17) is 25.5 Å². The molecule has 5 rings (SSSR count). The van der Waals surface area contributed by atoms with Gasteiger partial charge in [-0.15, -0.1) is 0 Å². The first-order chi connectivity index (χ1) is 24.6. The standard InChI is InChI=1S/C38H41N5O9/c1-7-20-16(3)25-13-27-18(5)22(9-10-33(48)52-38(51)24(39)12-32(46)47)35(42-27)23(11-31(44)45)36-34(37(49)50)19(6)28(43-36)15-30-21(8-2)17(4)26(41-30)14-29(20)40-25/h7,13-15,18,22,24,40-41H,1,8-12,39H2,2-6H3,(H,44,45)(H,46,47)(H,49,50)/t18-,22-,24-/m0/s1. The Morgan fingerprint density at radius 1 is 0.942 bits per heavy atom. The van der Waals surface area contributed by atoms with Crippen LogP contribution in [0.25, 0.3) is 39.3 Å². The highest BCUT2D eigenvalue weighted by molar-refractivity contribution is 6.24. The van der Waals surface area contributed by atoms with Crippen molar-refractivity contribution in [1.29, 1.82) is 0 Å². The van der Waals surface area contributed by atoms with Gasteiger partial charge in [-0.25, -0.2) is 14.6 Å². The summed E-state index contributed by atoms with van der Waals surface area (Å²) in [5, 5.41) is 29.6. The van der Waals surface area contributed by atoms with Gasteiger partial charge >= 0.3 is 29.8 Å². The Kier molecular flexibility index (Phi) is 10.6. The first-order valence-corrected chi connectivity index (χ1v) is 16.8. The van der Waals surface area contributed by atoms with Crippen molar-refractivity contribution in [2.24, 2.45) is 5.73 Å². The van der Waals surface area contributed by atoms with Crippen molar-refractivity contribution < 1.29 is 44.0 Å². The molecule has 0 spiro atoms. The number of aryl methyl sites for hydroxylation is 3. The van der Waals surface area contributed by atoms with Crippen LogP contribution < -0.4 is 5.73 Å². The second-order valence-electron chi connectivity index (χ2n) is 13.1. The predicted octanol–water partition coefficient (Wildman–Crippen LogP) is 5.32. The van der Waals surface area contributed by atoms with Crippen molar-refractivity contribution in [2.75, 3.05) is 0 Å². The number of hydrogen-bond donors (Lipinski definition) is 6. The zero-order chi connectivity index (χ0) is 38.2. The quantitative estimate of drug-likeness (QED) is 0.109. The molecule has 2 aliphatic rings. The lowest BCUT2D eigenvalue weighted by Gasteiger charge is -2.18. The van der Waals surface area contributed by atoms with Gasteiger partial charge in [0.25, 0.3) is 0 Å². The highest BCUT2D eigenvalue weighted by Gasteiger charge is 2.36. The number of hydrogen-bond acceptors (Lipinski definition) is 9. The van der Waals surface area contributed by atoms with Gasteiger partial charge in [0, 0.05) is 57.1 Å². The maximum absolute atomic E-state index is 12.8. The summed E-state index contributed by atoms with van der Waals surface area (Å²) in [6.07, 6.45) is 0.772. The highest BCUT2D eigenvalue weighted by atomic mass is 16.6. The number of ether oxygens (including phenoxy) is 1. The van der Waals surface area contributed by atoms with E-state index in [9.17, 15) is 34.2 Å². The molecule has 0 unspecified atom stereocenters. The number of carboxylic acids is 3. The van der Waals surface area contributed by atoms with E-state index in [2.05, 4.69) is 16.5 Å². The number of nitrogens with two attached hydrogens (primary N) is 1. The second-order valence-corrected chi connectivity index (χ2v) is 13.1. The Morgan fingerprint density at radius 3 is 2.23 bits per heavy atom. The number of fused-ring (bicyclic) bond motifs is 8. The minimum atomic E-state index is -1.54. The van der Waals surface area contributed by atoms with E-state index in [-0.39, 0.29) is 35.4 Å². The molecule has 3 atom stereocenters. The van der Waals surface area contributed by atoms with Gasteiger partial charge in [-0.1, -0.05) is 26.5 Å². The largest absolute Gasteiger partial charge is 0.481 e. The van der Waals surface area contributed by atoms with Crippen LogP contribution in [-0.2, 0) is 41.6 Å². The summed E-state index contributed by atoms with van der Waals surface area (Å²) >= 11 is 0. The number of rotatable bonds is 11. The van der Waals surface area contributed by atoms with E-state index in [1.54, 1.807) is 19.1 Å². The third-order valence-corrected chi connectivity index (χ3v) is 9.85. The van der Waals surface area contributed by atoms with Crippen molar-refractivity contribution >= 4 is 69.1 Å². The Bertz CT molecular complexity index is 2240. The van der Waals surface area contributed by atoms with E-state index in [0.29, 0.717) is 23.4 Å². The number of nitrogens with zero attached hydrogens (tertiary/aromatic N) is 2. The molecule has 0 fully saturated rings. The molecule has 3 aromatic rings. The molecule has 2 aliphatic heterocycles. The van der Waals surface area contributed by atoms with Crippen molar-refractivity contribution in [3.05, 3.63) is 75.4 Å². The minimum Gasteiger partial charge on any atom is -0.481 e. The normalized spacial score (nSPS) is 16.0. The molecular weight excluding hydrogens is 670 g/mol. The molecule has 3 aromatic heterocycles. The summed E-state index contributed by atoms with van der Waals surface area (Å²) in [4.78, 5) is 78.0. The van der Waals surface area contributed by atoms with Gasteiger partial charge in [0.05, 0.1) is 35.5 Å². The maximum atomic E-state index is 12.8. The number of esters is 2. The molecule has 5 heterocycles. The predicted molar refractivity (Wildman–Crippen MR) is 193 cm³/mol. The van der Waals surface area contributed by atoms with Gasteiger partial charge in [-0.2, -0.15) is 0 Å². The summed E-state index contributed by atoms with van der Waals surface area (Å²) in [7, 11) is 0. The van der Waals surface area contributed by atoms with Crippen LogP contribution >= 0.6 is 0 Å². The molecule has 0 amide bonds. The van der Waals surface area contributed by atoms with E-state index in [1.165, 1.54) is 0 Å². The van der Waals surface area contributed by atoms with Crippen LogP contribution in [-0.4, -0.2) is 71.1 Å². The van der Waals surface area contributed by atoms with E-state index in [1.807, 2.05) is 39.8 Å². The third kappa shape index (κ3) is 7.15. The Morgan fingerprint density at radius 2 is 1.62 bits per heavy atom. The maximum Gasteiger partial charge on any atom is 0.338 e. The molecule has 0 saturated carbocycles. The molecule has 0 aliphatic carbocycles. The summed E-state index contributed by atoms with van der Waals surface area (Å²) in [6, 6.07) is 4.06. The number of allylic oxidation sites excluding steroid dienone is 1. The van der Waals surface area contributed by atoms with E-state index < -0.39 is 60.6 Å². The number of H-pyrrole nitrogens is 2. The fraction of sp³-hybridized carbons (Fsp3) is 0.342.